The Balaban J connectivity index is 1.29. The number of anilines is 1. The molecule has 0 radical (unpaired) electrons. The molecular formula is C30H22ClFN2O5S. The lowest BCUT2D eigenvalue weighted by Gasteiger charge is -2.14. The van der Waals surface area contributed by atoms with Crippen molar-refractivity contribution in [2.45, 2.75) is 6.61 Å². The number of amides is 3. The normalized spacial score (nSPS) is 14.2. The number of methoxy groups -OCH3 is 1. The van der Waals surface area contributed by atoms with Gasteiger partial charge in [0.25, 0.3) is 11.1 Å². The number of imide groups is 1. The summed E-state index contributed by atoms with van der Waals surface area (Å²) in [6, 6.07) is 22.6. The summed E-state index contributed by atoms with van der Waals surface area (Å²) in [5, 5.41) is 4.36. The standard InChI is InChI=1S/C30H22ClFN2O5S/c1-38-25-13-19(12-24(31)28(25)39-17-18-9-10-20-5-2-3-6-21(20)11-18)14-26-29(36)34(30(37)40-26)16-27(35)33-23-8-4-7-22(32)15-23/h2-15H,16-17H2,1H3,(H,33,35)/b26-14+. The molecule has 0 saturated carbocycles. The van der Waals surface area contributed by atoms with Crippen molar-refractivity contribution < 1.29 is 28.2 Å². The minimum Gasteiger partial charge on any atom is -0.493 e. The molecule has 7 nitrogen and oxygen atoms in total. The molecular weight excluding hydrogens is 555 g/mol. The Morgan fingerprint density at radius 1 is 1.02 bits per heavy atom. The number of rotatable bonds is 8. The molecule has 0 spiro atoms. The van der Waals surface area contributed by atoms with Gasteiger partial charge in [-0.3, -0.25) is 19.3 Å². The maximum atomic E-state index is 13.4. The number of ether oxygens (including phenoxy) is 2. The van der Waals surface area contributed by atoms with Crippen molar-refractivity contribution in [2.24, 2.45) is 0 Å². The molecule has 3 amide bonds. The quantitative estimate of drug-likeness (QED) is 0.230. The number of hydrogen-bond donors (Lipinski definition) is 1. The van der Waals surface area contributed by atoms with Gasteiger partial charge in [-0.15, -0.1) is 0 Å². The van der Waals surface area contributed by atoms with Crippen molar-refractivity contribution in [2.75, 3.05) is 19.0 Å². The first-order valence-corrected chi connectivity index (χ1v) is 13.3. The van der Waals surface area contributed by atoms with E-state index in [0.717, 1.165) is 27.3 Å². The van der Waals surface area contributed by atoms with Crippen molar-refractivity contribution >= 4 is 63.0 Å². The van der Waals surface area contributed by atoms with E-state index in [-0.39, 0.29) is 22.2 Å². The molecule has 10 heteroatoms. The highest BCUT2D eigenvalue weighted by Crippen LogP contribution is 2.39. The third-order valence-electron chi connectivity index (χ3n) is 6.03. The van der Waals surface area contributed by atoms with Crippen LogP contribution in [0.1, 0.15) is 11.1 Å². The van der Waals surface area contributed by atoms with Crippen LogP contribution in [-0.4, -0.2) is 35.6 Å². The number of benzene rings is 4. The van der Waals surface area contributed by atoms with Gasteiger partial charge in [-0.1, -0.05) is 54.1 Å². The van der Waals surface area contributed by atoms with Crippen LogP contribution in [0, 0.1) is 5.82 Å². The highest BCUT2D eigenvalue weighted by atomic mass is 35.5. The van der Waals surface area contributed by atoms with Crippen molar-refractivity contribution in [3.05, 3.63) is 106 Å². The van der Waals surface area contributed by atoms with E-state index in [4.69, 9.17) is 21.1 Å². The van der Waals surface area contributed by atoms with Gasteiger partial charge in [-0.2, -0.15) is 0 Å². The van der Waals surface area contributed by atoms with Crippen LogP contribution in [0.5, 0.6) is 11.5 Å². The molecule has 0 aliphatic carbocycles. The topological polar surface area (TPSA) is 84.9 Å². The van der Waals surface area contributed by atoms with E-state index >= 15 is 0 Å². The smallest absolute Gasteiger partial charge is 0.294 e. The molecule has 1 N–H and O–H groups in total. The predicted octanol–water partition coefficient (Wildman–Crippen LogP) is 6.89. The molecule has 1 aliphatic rings. The van der Waals surface area contributed by atoms with E-state index in [9.17, 15) is 18.8 Å². The fourth-order valence-electron chi connectivity index (χ4n) is 4.15. The van der Waals surface area contributed by atoms with E-state index in [2.05, 4.69) is 5.32 Å². The van der Waals surface area contributed by atoms with Crippen LogP contribution < -0.4 is 14.8 Å². The Kier molecular flexibility index (Phi) is 8.04. The summed E-state index contributed by atoms with van der Waals surface area (Å²) in [7, 11) is 1.48. The third-order valence-corrected chi connectivity index (χ3v) is 7.22. The van der Waals surface area contributed by atoms with Gasteiger partial charge in [0.2, 0.25) is 5.91 Å². The third kappa shape index (κ3) is 6.11. The number of hydrogen-bond acceptors (Lipinski definition) is 6. The van der Waals surface area contributed by atoms with E-state index in [0.29, 0.717) is 28.8 Å². The Bertz CT molecular complexity index is 1680. The summed E-state index contributed by atoms with van der Waals surface area (Å²) in [4.78, 5) is 38.7. The van der Waals surface area contributed by atoms with Crippen LogP contribution in [0.25, 0.3) is 16.8 Å². The molecule has 1 aliphatic heterocycles. The lowest BCUT2D eigenvalue weighted by molar-refractivity contribution is -0.127. The zero-order valence-corrected chi connectivity index (χ0v) is 22.7. The zero-order valence-electron chi connectivity index (χ0n) is 21.1. The van der Waals surface area contributed by atoms with Crippen molar-refractivity contribution in [1.82, 2.24) is 4.90 Å². The Hall–Kier alpha value is -4.34. The van der Waals surface area contributed by atoms with Gasteiger partial charge < -0.3 is 14.8 Å². The molecule has 4 aromatic carbocycles. The van der Waals surface area contributed by atoms with Gasteiger partial charge in [-0.25, -0.2) is 4.39 Å². The van der Waals surface area contributed by atoms with Crippen LogP contribution in [0.3, 0.4) is 0 Å². The number of carbonyl (C=O) groups excluding carboxylic acids is 3. The first-order chi connectivity index (χ1) is 19.3. The molecule has 0 aromatic heterocycles. The van der Waals surface area contributed by atoms with E-state index < -0.39 is 29.4 Å². The lowest BCUT2D eigenvalue weighted by Crippen LogP contribution is -2.36. The van der Waals surface area contributed by atoms with Crippen LogP contribution in [0.4, 0.5) is 14.9 Å². The second kappa shape index (κ2) is 11.8. The average Bonchev–Trinajstić information content (AvgIpc) is 3.19. The second-order valence-corrected chi connectivity index (χ2v) is 10.2. The van der Waals surface area contributed by atoms with Crippen molar-refractivity contribution in [3.63, 3.8) is 0 Å². The number of fused-ring (bicyclic) bond motifs is 1. The largest absolute Gasteiger partial charge is 0.493 e. The molecule has 0 bridgehead atoms. The number of nitrogens with one attached hydrogen (secondary N) is 1. The van der Waals surface area contributed by atoms with Gasteiger partial charge in [-0.05, 0) is 76.1 Å². The van der Waals surface area contributed by atoms with Crippen LogP contribution in [-0.2, 0) is 16.2 Å². The van der Waals surface area contributed by atoms with E-state index in [1.54, 1.807) is 12.1 Å². The monoisotopic (exact) mass is 576 g/mol. The Labute approximate surface area is 238 Å². The average molecular weight is 577 g/mol. The van der Waals surface area contributed by atoms with Crippen molar-refractivity contribution in [3.8, 4) is 11.5 Å². The molecule has 0 atom stereocenters. The number of halogens is 2. The summed E-state index contributed by atoms with van der Waals surface area (Å²) in [5.74, 6) is -1.08. The Morgan fingerprint density at radius 3 is 2.60 bits per heavy atom. The van der Waals surface area contributed by atoms with Gasteiger partial charge in [0, 0.05) is 5.69 Å². The number of thioether (sulfide) groups is 1. The van der Waals surface area contributed by atoms with E-state index in [1.807, 2.05) is 42.5 Å². The maximum absolute atomic E-state index is 13.4. The summed E-state index contributed by atoms with van der Waals surface area (Å²) >= 11 is 7.23. The molecule has 1 saturated heterocycles. The second-order valence-electron chi connectivity index (χ2n) is 8.83. The van der Waals surface area contributed by atoms with Gasteiger partial charge in [0.05, 0.1) is 17.0 Å². The fourth-order valence-corrected chi connectivity index (χ4v) is 5.26. The lowest BCUT2D eigenvalue weighted by atomic mass is 10.1. The molecule has 1 heterocycles. The summed E-state index contributed by atoms with van der Waals surface area (Å²) in [5.41, 5.74) is 1.68. The highest BCUT2D eigenvalue weighted by Gasteiger charge is 2.36. The number of carbonyl (C=O) groups is 3. The maximum Gasteiger partial charge on any atom is 0.294 e. The van der Waals surface area contributed by atoms with Crippen LogP contribution >= 0.6 is 23.4 Å². The van der Waals surface area contributed by atoms with Crippen molar-refractivity contribution in [1.29, 1.82) is 0 Å². The van der Waals surface area contributed by atoms with Gasteiger partial charge in [0.1, 0.15) is 19.0 Å². The molecule has 202 valence electrons. The molecule has 4 aromatic rings. The van der Waals surface area contributed by atoms with E-state index in [1.165, 1.54) is 31.4 Å². The number of nitrogens with zero attached hydrogens (tertiary/aromatic N) is 1. The summed E-state index contributed by atoms with van der Waals surface area (Å²) < 4.78 is 24.9. The van der Waals surface area contributed by atoms with Crippen LogP contribution in [0.2, 0.25) is 5.02 Å². The molecule has 1 fully saturated rings. The molecule has 5 rings (SSSR count). The molecule has 40 heavy (non-hydrogen) atoms. The molecule has 0 unspecified atom stereocenters. The minimum absolute atomic E-state index is 0.117. The van der Waals surface area contributed by atoms with Gasteiger partial charge >= 0.3 is 0 Å². The highest BCUT2D eigenvalue weighted by molar-refractivity contribution is 8.18. The zero-order chi connectivity index (χ0) is 28.2. The summed E-state index contributed by atoms with van der Waals surface area (Å²) in [6.07, 6.45) is 1.50. The van der Waals surface area contributed by atoms with Crippen LogP contribution in [0.15, 0.2) is 83.8 Å². The Morgan fingerprint density at radius 2 is 1.82 bits per heavy atom. The summed E-state index contributed by atoms with van der Waals surface area (Å²) in [6.45, 7) is -0.249. The predicted molar refractivity (Wildman–Crippen MR) is 154 cm³/mol. The first kappa shape index (κ1) is 27.2. The van der Waals surface area contributed by atoms with Gasteiger partial charge in [0.15, 0.2) is 11.5 Å². The SMILES string of the molecule is COc1cc(/C=C2/SC(=O)N(CC(=O)Nc3cccc(F)c3)C2=O)cc(Cl)c1OCc1ccc2ccccc2c1. The minimum atomic E-state index is -0.633. The first-order valence-electron chi connectivity index (χ1n) is 12.1. The fraction of sp³-hybridized carbons (Fsp3) is 0.100.